The number of hydrogen-bond acceptors (Lipinski definition) is 2. The Bertz CT molecular complexity index is 776. The van der Waals surface area contributed by atoms with Gasteiger partial charge in [0.2, 0.25) is 0 Å². The van der Waals surface area contributed by atoms with E-state index >= 15 is 0 Å². The summed E-state index contributed by atoms with van der Waals surface area (Å²) in [5.41, 5.74) is 0.730. The second-order valence-corrected chi connectivity index (χ2v) is 6.78. The summed E-state index contributed by atoms with van der Waals surface area (Å²) in [5, 5.41) is 7.06. The van der Waals surface area contributed by atoms with Crippen molar-refractivity contribution < 1.29 is 18.0 Å². The van der Waals surface area contributed by atoms with E-state index in [0.29, 0.717) is 29.4 Å². The largest absolute Gasteiger partial charge is 0.416 e. The Balaban J connectivity index is 1.97. The van der Waals surface area contributed by atoms with E-state index in [1.165, 1.54) is 16.9 Å². The van der Waals surface area contributed by atoms with E-state index in [0.717, 1.165) is 25.0 Å². The molecule has 1 N–H and O–H groups in total. The number of amides is 1. The molecule has 0 radical (unpaired) electrons. The predicted molar refractivity (Wildman–Crippen MR) is 87.7 cm³/mol. The first-order chi connectivity index (χ1) is 11.8. The van der Waals surface area contributed by atoms with Gasteiger partial charge in [-0.1, -0.05) is 19.9 Å². The first-order valence-electron chi connectivity index (χ1n) is 8.31. The van der Waals surface area contributed by atoms with Gasteiger partial charge >= 0.3 is 6.18 Å². The molecule has 0 aliphatic heterocycles. The normalized spacial score (nSPS) is 14.8. The van der Waals surface area contributed by atoms with Crippen molar-refractivity contribution in [2.45, 2.75) is 38.8 Å². The molecule has 1 heterocycles. The molecule has 134 valence electrons. The van der Waals surface area contributed by atoms with E-state index in [1.54, 1.807) is 6.07 Å². The smallest absolute Gasteiger partial charge is 0.352 e. The molecule has 0 bridgehead atoms. The fourth-order valence-electron chi connectivity index (χ4n) is 2.69. The van der Waals surface area contributed by atoms with Crippen LogP contribution >= 0.6 is 0 Å². The van der Waals surface area contributed by atoms with Crippen LogP contribution in [-0.2, 0) is 6.18 Å². The minimum atomic E-state index is -4.42. The molecule has 25 heavy (non-hydrogen) atoms. The number of rotatable bonds is 5. The SMILES string of the molecule is CC(C)CNC(=O)c1cnn(-c2cccc(C(F)(F)F)c2)c1C1CC1. The Morgan fingerprint density at radius 1 is 1.36 bits per heavy atom. The maximum atomic E-state index is 13.0. The number of hydrogen-bond donors (Lipinski definition) is 1. The van der Waals surface area contributed by atoms with Gasteiger partial charge < -0.3 is 5.32 Å². The van der Waals surface area contributed by atoms with Crippen LogP contribution in [0.3, 0.4) is 0 Å². The molecule has 0 spiro atoms. The van der Waals surface area contributed by atoms with Crippen LogP contribution in [0.25, 0.3) is 5.69 Å². The van der Waals surface area contributed by atoms with Crippen molar-refractivity contribution in [3.63, 3.8) is 0 Å². The van der Waals surface area contributed by atoms with Gasteiger partial charge in [0.15, 0.2) is 0 Å². The monoisotopic (exact) mass is 351 g/mol. The first kappa shape index (κ1) is 17.5. The molecular weight excluding hydrogens is 331 g/mol. The number of alkyl halides is 3. The van der Waals surface area contributed by atoms with Crippen molar-refractivity contribution in [1.29, 1.82) is 0 Å². The van der Waals surface area contributed by atoms with E-state index in [4.69, 9.17) is 0 Å². The second-order valence-electron chi connectivity index (χ2n) is 6.78. The summed E-state index contributed by atoms with van der Waals surface area (Å²) in [6.45, 7) is 4.53. The van der Waals surface area contributed by atoms with Crippen LogP contribution in [0.5, 0.6) is 0 Å². The zero-order valence-electron chi connectivity index (χ0n) is 14.1. The molecule has 0 atom stereocenters. The second kappa shape index (κ2) is 6.54. The average Bonchev–Trinajstić information content (AvgIpc) is 3.30. The van der Waals surface area contributed by atoms with Gasteiger partial charge in [0, 0.05) is 12.5 Å². The van der Waals surface area contributed by atoms with E-state index in [-0.39, 0.29) is 11.8 Å². The number of benzene rings is 1. The van der Waals surface area contributed by atoms with Crippen LogP contribution in [0.15, 0.2) is 30.5 Å². The van der Waals surface area contributed by atoms with Gasteiger partial charge in [-0.25, -0.2) is 4.68 Å². The highest BCUT2D eigenvalue weighted by molar-refractivity contribution is 5.95. The molecule has 0 unspecified atom stereocenters. The van der Waals surface area contributed by atoms with Gasteiger partial charge in [0.1, 0.15) is 0 Å². The lowest BCUT2D eigenvalue weighted by Gasteiger charge is -2.12. The van der Waals surface area contributed by atoms with Crippen LogP contribution in [0.1, 0.15) is 54.2 Å². The molecule has 1 aromatic heterocycles. The van der Waals surface area contributed by atoms with Gasteiger partial charge in [-0.15, -0.1) is 0 Å². The van der Waals surface area contributed by atoms with Gasteiger partial charge in [0.05, 0.1) is 28.7 Å². The number of halogens is 3. The molecule has 1 aromatic carbocycles. The Kier molecular flexibility index (Phi) is 4.58. The molecule has 1 saturated carbocycles. The van der Waals surface area contributed by atoms with Crippen LogP contribution in [0.2, 0.25) is 0 Å². The molecule has 1 aliphatic rings. The lowest BCUT2D eigenvalue weighted by atomic mass is 10.1. The van der Waals surface area contributed by atoms with Crippen LogP contribution < -0.4 is 5.32 Å². The molecule has 4 nitrogen and oxygen atoms in total. The Labute approximate surface area is 144 Å². The van der Waals surface area contributed by atoms with Gasteiger partial charge in [-0.3, -0.25) is 4.79 Å². The van der Waals surface area contributed by atoms with E-state index < -0.39 is 11.7 Å². The third kappa shape index (κ3) is 3.86. The van der Waals surface area contributed by atoms with Gasteiger partial charge in [-0.05, 0) is 37.0 Å². The fourth-order valence-corrected chi connectivity index (χ4v) is 2.69. The summed E-state index contributed by atoms with van der Waals surface area (Å²) in [6, 6.07) is 5.02. The number of nitrogens with zero attached hydrogens (tertiary/aromatic N) is 2. The van der Waals surface area contributed by atoms with E-state index in [9.17, 15) is 18.0 Å². The summed E-state index contributed by atoms with van der Waals surface area (Å²) in [7, 11) is 0. The molecule has 2 aromatic rings. The molecule has 0 saturated heterocycles. The molecule has 1 fully saturated rings. The standard InChI is InChI=1S/C18H20F3N3O/c1-11(2)9-22-17(25)15-10-23-24(16(15)12-6-7-12)14-5-3-4-13(8-14)18(19,20)21/h3-5,8,10-12H,6-7,9H2,1-2H3,(H,22,25). The third-order valence-corrected chi connectivity index (χ3v) is 4.10. The van der Waals surface area contributed by atoms with Crippen LogP contribution in [0.4, 0.5) is 13.2 Å². The van der Waals surface area contributed by atoms with Crippen molar-refractivity contribution >= 4 is 5.91 Å². The quantitative estimate of drug-likeness (QED) is 0.879. The number of carbonyl (C=O) groups is 1. The van der Waals surface area contributed by atoms with Crippen LogP contribution in [0, 0.1) is 5.92 Å². The minimum absolute atomic E-state index is 0.164. The summed E-state index contributed by atoms with van der Waals surface area (Å²) in [4.78, 5) is 12.4. The summed E-state index contributed by atoms with van der Waals surface area (Å²) < 4.78 is 40.4. The molecule has 1 aliphatic carbocycles. The Morgan fingerprint density at radius 2 is 2.08 bits per heavy atom. The Hall–Kier alpha value is -2.31. The first-order valence-corrected chi connectivity index (χ1v) is 8.31. The third-order valence-electron chi connectivity index (χ3n) is 4.10. The van der Waals surface area contributed by atoms with Crippen LogP contribution in [-0.4, -0.2) is 22.2 Å². The van der Waals surface area contributed by atoms with Crippen molar-refractivity contribution in [2.24, 2.45) is 5.92 Å². The van der Waals surface area contributed by atoms with Gasteiger partial charge in [0.25, 0.3) is 5.91 Å². The van der Waals surface area contributed by atoms with Crippen molar-refractivity contribution in [3.8, 4) is 5.69 Å². The summed E-state index contributed by atoms with van der Waals surface area (Å²) in [5.74, 6) is 0.248. The fraction of sp³-hybridized carbons (Fsp3) is 0.444. The van der Waals surface area contributed by atoms with Crippen molar-refractivity contribution in [2.75, 3.05) is 6.54 Å². The molecule has 7 heteroatoms. The van der Waals surface area contributed by atoms with Crippen molar-refractivity contribution in [1.82, 2.24) is 15.1 Å². The van der Waals surface area contributed by atoms with Gasteiger partial charge in [-0.2, -0.15) is 18.3 Å². The minimum Gasteiger partial charge on any atom is -0.352 e. The number of aromatic nitrogens is 2. The lowest BCUT2D eigenvalue weighted by Crippen LogP contribution is -2.28. The zero-order chi connectivity index (χ0) is 18.2. The van der Waals surface area contributed by atoms with E-state index in [1.807, 2.05) is 13.8 Å². The predicted octanol–water partition coefficient (Wildman–Crippen LogP) is 4.15. The Morgan fingerprint density at radius 3 is 2.68 bits per heavy atom. The highest BCUT2D eigenvalue weighted by atomic mass is 19.4. The molecule has 1 amide bonds. The van der Waals surface area contributed by atoms with Crippen molar-refractivity contribution in [3.05, 3.63) is 47.3 Å². The lowest BCUT2D eigenvalue weighted by molar-refractivity contribution is -0.137. The number of carbonyl (C=O) groups excluding carboxylic acids is 1. The average molecular weight is 351 g/mol. The highest BCUT2D eigenvalue weighted by Gasteiger charge is 2.34. The maximum absolute atomic E-state index is 13.0. The molecular formula is C18H20F3N3O. The molecule has 3 rings (SSSR count). The topological polar surface area (TPSA) is 46.9 Å². The zero-order valence-corrected chi connectivity index (χ0v) is 14.1. The highest BCUT2D eigenvalue weighted by Crippen LogP contribution is 2.42. The summed E-state index contributed by atoms with van der Waals surface area (Å²) in [6.07, 6.45) is -1.14. The van der Waals surface area contributed by atoms with E-state index in [2.05, 4.69) is 10.4 Å². The number of nitrogens with one attached hydrogen (secondary N) is 1. The maximum Gasteiger partial charge on any atom is 0.416 e. The summed E-state index contributed by atoms with van der Waals surface area (Å²) >= 11 is 0.